The summed E-state index contributed by atoms with van der Waals surface area (Å²) >= 11 is 1.47. The predicted molar refractivity (Wildman–Crippen MR) is 106 cm³/mol. The number of rotatable bonds is 6. The summed E-state index contributed by atoms with van der Waals surface area (Å²) < 4.78 is 1.93. The van der Waals surface area contributed by atoms with Crippen LogP contribution in [0.5, 0.6) is 0 Å². The largest absolute Gasteiger partial charge is 0.325 e. The van der Waals surface area contributed by atoms with Gasteiger partial charge in [0.25, 0.3) is 0 Å². The first-order valence-electron chi connectivity index (χ1n) is 8.48. The molecule has 0 aliphatic heterocycles. The van der Waals surface area contributed by atoms with Gasteiger partial charge < -0.3 is 5.32 Å². The highest BCUT2D eigenvalue weighted by molar-refractivity contribution is 7.99. The molecule has 0 atom stereocenters. The van der Waals surface area contributed by atoms with Gasteiger partial charge in [-0.25, -0.2) is 0 Å². The molecule has 1 aromatic heterocycles. The molecule has 2 aromatic carbocycles. The van der Waals surface area contributed by atoms with E-state index in [-0.39, 0.29) is 5.91 Å². The van der Waals surface area contributed by atoms with Crippen LogP contribution in [0.25, 0.3) is 5.69 Å². The number of aromatic nitrogens is 3. The van der Waals surface area contributed by atoms with Gasteiger partial charge in [0.2, 0.25) is 5.91 Å². The molecular weight excluding hydrogens is 358 g/mol. The summed E-state index contributed by atoms with van der Waals surface area (Å²) in [6.07, 6.45) is 1.99. The number of aryl methyl sites for hydroxylation is 2. The number of carbonyl (C=O) groups is 1. The fraction of sp³-hybridized carbons (Fsp3) is 0.200. The van der Waals surface area contributed by atoms with Gasteiger partial charge in [0.05, 0.1) is 16.9 Å². The van der Waals surface area contributed by atoms with Gasteiger partial charge in [-0.2, -0.15) is 5.26 Å². The summed E-state index contributed by atoms with van der Waals surface area (Å²) in [5, 5.41) is 20.8. The molecule has 0 radical (unpaired) electrons. The highest BCUT2D eigenvalue weighted by atomic mass is 32.2. The third kappa shape index (κ3) is 4.54. The van der Waals surface area contributed by atoms with Crippen LogP contribution in [0.1, 0.15) is 23.1 Å². The van der Waals surface area contributed by atoms with Gasteiger partial charge in [0.15, 0.2) is 5.16 Å². The van der Waals surface area contributed by atoms with Crippen molar-refractivity contribution in [2.24, 2.45) is 0 Å². The van der Waals surface area contributed by atoms with E-state index in [9.17, 15) is 4.79 Å². The molecule has 0 bridgehead atoms. The Labute approximate surface area is 162 Å². The molecule has 1 N–H and O–H groups in total. The van der Waals surface area contributed by atoms with Crippen LogP contribution in [0.2, 0.25) is 0 Å². The Hall–Kier alpha value is -3.11. The van der Waals surface area contributed by atoms with E-state index in [0.29, 0.717) is 23.4 Å². The first kappa shape index (κ1) is 18.7. The van der Waals surface area contributed by atoms with Crippen molar-refractivity contribution >= 4 is 23.4 Å². The Morgan fingerprint density at radius 1 is 1.26 bits per heavy atom. The molecule has 0 fully saturated rings. The van der Waals surface area contributed by atoms with Crippen molar-refractivity contribution in [1.82, 2.24) is 14.8 Å². The number of para-hydroxylation sites is 1. The van der Waals surface area contributed by atoms with Crippen LogP contribution in [0.15, 0.2) is 53.9 Å². The molecule has 0 unspecified atom stereocenters. The van der Waals surface area contributed by atoms with Crippen LogP contribution in [0, 0.1) is 25.2 Å². The number of nitriles is 1. The van der Waals surface area contributed by atoms with Gasteiger partial charge in [-0.3, -0.25) is 9.36 Å². The highest BCUT2D eigenvalue weighted by Crippen LogP contribution is 2.23. The van der Waals surface area contributed by atoms with Gasteiger partial charge in [0, 0.05) is 12.2 Å². The number of nitrogens with zero attached hydrogens (tertiary/aromatic N) is 4. The molecule has 1 amide bonds. The first-order chi connectivity index (χ1) is 13.1. The van der Waals surface area contributed by atoms with Crippen molar-refractivity contribution in [1.29, 1.82) is 5.26 Å². The summed E-state index contributed by atoms with van der Waals surface area (Å²) in [6.45, 7) is 4.11. The Morgan fingerprint density at radius 2 is 2.07 bits per heavy atom. The van der Waals surface area contributed by atoms with Crippen molar-refractivity contribution in [2.75, 3.05) is 11.1 Å². The lowest BCUT2D eigenvalue weighted by Gasteiger charge is -2.10. The highest BCUT2D eigenvalue weighted by Gasteiger charge is 2.11. The van der Waals surface area contributed by atoms with E-state index < -0.39 is 0 Å². The summed E-state index contributed by atoms with van der Waals surface area (Å²) in [5.41, 5.74) is 4.36. The second kappa shape index (κ2) is 8.52. The molecule has 6 nitrogen and oxygen atoms in total. The summed E-state index contributed by atoms with van der Waals surface area (Å²) in [4.78, 5) is 12.2. The van der Waals surface area contributed by atoms with Crippen molar-refractivity contribution in [3.05, 3.63) is 65.5 Å². The molecule has 3 rings (SSSR count). The molecule has 0 spiro atoms. The Kier molecular flexibility index (Phi) is 5.89. The third-order valence-electron chi connectivity index (χ3n) is 4.01. The second-order valence-electron chi connectivity index (χ2n) is 6.08. The molecule has 27 heavy (non-hydrogen) atoms. The summed E-state index contributed by atoms with van der Waals surface area (Å²) in [7, 11) is 0. The van der Waals surface area contributed by atoms with Crippen LogP contribution >= 0.6 is 11.8 Å². The maximum absolute atomic E-state index is 12.2. The van der Waals surface area contributed by atoms with Gasteiger partial charge in [-0.1, -0.05) is 41.6 Å². The quantitative estimate of drug-likeness (QED) is 0.659. The smallest absolute Gasteiger partial charge is 0.225 e. The van der Waals surface area contributed by atoms with Crippen molar-refractivity contribution < 1.29 is 4.79 Å². The molecule has 0 aliphatic rings. The van der Waals surface area contributed by atoms with Gasteiger partial charge >= 0.3 is 0 Å². The minimum absolute atomic E-state index is 0.136. The number of amides is 1. The third-order valence-corrected chi connectivity index (χ3v) is 4.95. The van der Waals surface area contributed by atoms with Crippen LogP contribution < -0.4 is 5.32 Å². The SMILES string of the molecule is Cc1ccc(-n2cnnc2SCCC(=O)Nc2ccccc2C#N)c(C)c1. The zero-order chi connectivity index (χ0) is 19.2. The van der Waals surface area contributed by atoms with E-state index in [0.717, 1.165) is 16.4 Å². The number of carbonyl (C=O) groups excluding carboxylic acids is 1. The van der Waals surface area contributed by atoms with Gasteiger partial charge in [0.1, 0.15) is 12.4 Å². The number of benzene rings is 2. The predicted octanol–water partition coefficient (Wildman–Crippen LogP) is 3.88. The molecule has 0 aliphatic carbocycles. The van der Waals surface area contributed by atoms with E-state index in [1.807, 2.05) is 10.6 Å². The minimum Gasteiger partial charge on any atom is -0.325 e. The molecule has 0 saturated heterocycles. The second-order valence-corrected chi connectivity index (χ2v) is 7.14. The van der Waals surface area contributed by atoms with Crippen molar-refractivity contribution in [3.8, 4) is 11.8 Å². The lowest BCUT2D eigenvalue weighted by Crippen LogP contribution is -2.13. The van der Waals surface area contributed by atoms with Crippen molar-refractivity contribution in [2.45, 2.75) is 25.4 Å². The summed E-state index contributed by atoms with van der Waals surface area (Å²) in [5.74, 6) is 0.423. The standard InChI is InChI=1S/C20H19N5OS/c1-14-7-8-18(15(2)11-14)25-13-22-24-20(25)27-10-9-19(26)23-17-6-4-3-5-16(17)12-21/h3-8,11,13H,9-10H2,1-2H3,(H,23,26). The zero-order valence-corrected chi connectivity index (χ0v) is 16.0. The fourth-order valence-electron chi connectivity index (χ4n) is 2.70. The maximum atomic E-state index is 12.2. The van der Waals surface area contributed by atoms with E-state index in [4.69, 9.17) is 5.26 Å². The fourth-order valence-corrected chi connectivity index (χ4v) is 3.56. The van der Waals surface area contributed by atoms with E-state index in [1.165, 1.54) is 17.3 Å². The lowest BCUT2D eigenvalue weighted by molar-refractivity contribution is -0.115. The average Bonchev–Trinajstić information content (AvgIpc) is 3.10. The Morgan fingerprint density at radius 3 is 2.85 bits per heavy atom. The summed E-state index contributed by atoms with van der Waals surface area (Å²) in [6, 6.07) is 15.2. The van der Waals surface area contributed by atoms with Gasteiger partial charge in [-0.15, -0.1) is 10.2 Å². The molecule has 3 aromatic rings. The Balaban J connectivity index is 1.61. The maximum Gasteiger partial charge on any atom is 0.225 e. The van der Waals surface area contributed by atoms with E-state index >= 15 is 0 Å². The van der Waals surface area contributed by atoms with E-state index in [2.05, 4.69) is 47.6 Å². The number of nitrogens with one attached hydrogen (secondary N) is 1. The monoisotopic (exact) mass is 377 g/mol. The number of hydrogen-bond donors (Lipinski definition) is 1. The first-order valence-corrected chi connectivity index (χ1v) is 9.46. The van der Waals surface area contributed by atoms with Crippen LogP contribution in [-0.4, -0.2) is 26.4 Å². The average molecular weight is 377 g/mol. The number of anilines is 1. The molecule has 1 heterocycles. The van der Waals surface area contributed by atoms with Crippen molar-refractivity contribution in [3.63, 3.8) is 0 Å². The van der Waals surface area contributed by atoms with Crippen LogP contribution in [0.3, 0.4) is 0 Å². The van der Waals surface area contributed by atoms with E-state index in [1.54, 1.807) is 30.6 Å². The van der Waals surface area contributed by atoms with Crippen LogP contribution in [0.4, 0.5) is 5.69 Å². The molecular formula is C20H19N5OS. The number of thioether (sulfide) groups is 1. The molecule has 136 valence electrons. The van der Waals surface area contributed by atoms with Crippen LogP contribution in [-0.2, 0) is 4.79 Å². The molecule has 0 saturated carbocycles. The lowest BCUT2D eigenvalue weighted by atomic mass is 10.1. The normalized spacial score (nSPS) is 10.4. The topological polar surface area (TPSA) is 83.6 Å². The minimum atomic E-state index is -0.136. The molecule has 7 heteroatoms. The van der Waals surface area contributed by atoms with Gasteiger partial charge in [-0.05, 0) is 37.6 Å². The zero-order valence-electron chi connectivity index (χ0n) is 15.1. The Bertz CT molecular complexity index is 1010. The number of hydrogen-bond acceptors (Lipinski definition) is 5.